The first-order valence-corrected chi connectivity index (χ1v) is 4.43. The summed E-state index contributed by atoms with van der Waals surface area (Å²) in [5.41, 5.74) is 0. The molecule has 0 saturated carbocycles. The summed E-state index contributed by atoms with van der Waals surface area (Å²) in [5.74, 6) is 0.837. The Kier molecular flexibility index (Phi) is 2.84. The molecule has 1 saturated heterocycles. The van der Waals surface area contributed by atoms with Gasteiger partial charge in [-0.15, -0.1) is 0 Å². The minimum absolute atomic E-state index is 0.806. The van der Waals surface area contributed by atoms with Crippen molar-refractivity contribution in [1.82, 2.24) is 14.9 Å². The molecule has 1 aliphatic heterocycles. The molecule has 13 heavy (non-hydrogen) atoms. The number of hydrogen-bond donors (Lipinski definition) is 0. The Morgan fingerprint density at radius 2 is 2.31 bits per heavy atom. The van der Waals surface area contributed by atoms with Crippen molar-refractivity contribution in [3.8, 4) is 0 Å². The average Bonchev–Trinajstić information content (AvgIpc) is 2.21. The van der Waals surface area contributed by atoms with Crippen LogP contribution in [0.5, 0.6) is 0 Å². The van der Waals surface area contributed by atoms with Crippen LogP contribution in [0.2, 0.25) is 0 Å². The molecule has 2 heterocycles. The van der Waals surface area contributed by atoms with Crippen molar-refractivity contribution in [2.75, 3.05) is 26.3 Å². The molecule has 69 valence electrons. The van der Waals surface area contributed by atoms with Gasteiger partial charge < -0.3 is 4.74 Å². The van der Waals surface area contributed by atoms with E-state index < -0.39 is 0 Å². The SMILES string of the molecule is [c]1ccnc(CN2CCOCC2)n1. The van der Waals surface area contributed by atoms with E-state index in [2.05, 4.69) is 21.1 Å². The molecular weight excluding hydrogens is 166 g/mol. The second kappa shape index (κ2) is 4.30. The van der Waals surface area contributed by atoms with Crippen molar-refractivity contribution in [2.24, 2.45) is 0 Å². The van der Waals surface area contributed by atoms with Crippen LogP contribution >= 0.6 is 0 Å². The number of aromatic nitrogens is 2. The predicted molar refractivity (Wildman–Crippen MR) is 47.0 cm³/mol. The van der Waals surface area contributed by atoms with Crippen LogP contribution < -0.4 is 0 Å². The Morgan fingerprint density at radius 3 is 3.00 bits per heavy atom. The summed E-state index contributed by atoms with van der Waals surface area (Å²) in [5, 5.41) is 0. The molecule has 0 aliphatic carbocycles. The lowest BCUT2D eigenvalue weighted by molar-refractivity contribution is 0.0330. The molecule has 0 spiro atoms. The molecule has 0 bridgehead atoms. The third-order valence-corrected chi connectivity index (χ3v) is 2.03. The topological polar surface area (TPSA) is 38.2 Å². The lowest BCUT2D eigenvalue weighted by Crippen LogP contribution is -2.36. The molecule has 0 unspecified atom stereocenters. The molecule has 4 heteroatoms. The highest BCUT2D eigenvalue weighted by atomic mass is 16.5. The van der Waals surface area contributed by atoms with Gasteiger partial charge in [-0.2, -0.15) is 0 Å². The number of rotatable bonds is 2. The monoisotopic (exact) mass is 178 g/mol. The van der Waals surface area contributed by atoms with E-state index >= 15 is 0 Å². The lowest BCUT2D eigenvalue weighted by Gasteiger charge is -2.25. The summed E-state index contributed by atoms with van der Waals surface area (Å²) in [6.45, 7) is 4.38. The number of morpholine rings is 1. The standard InChI is InChI=1S/C9H12N3O/c1-2-10-9(11-3-1)8-12-4-6-13-7-5-12/h1-2H,4-8H2. The summed E-state index contributed by atoms with van der Waals surface area (Å²) in [6, 6.07) is 1.71. The lowest BCUT2D eigenvalue weighted by atomic mass is 10.4. The van der Waals surface area contributed by atoms with Gasteiger partial charge in [0.05, 0.1) is 26.0 Å². The van der Waals surface area contributed by atoms with E-state index in [0.29, 0.717) is 0 Å². The molecule has 0 atom stereocenters. The molecule has 0 aromatic carbocycles. The minimum Gasteiger partial charge on any atom is -0.379 e. The summed E-state index contributed by atoms with van der Waals surface area (Å²) in [4.78, 5) is 10.5. The molecule has 1 aliphatic rings. The normalized spacial score (nSPS) is 18.8. The van der Waals surface area contributed by atoms with Crippen molar-refractivity contribution in [2.45, 2.75) is 6.54 Å². The zero-order valence-electron chi connectivity index (χ0n) is 7.44. The van der Waals surface area contributed by atoms with E-state index in [1.807, 2.05) is 0 Å². The van der Waals surface area contributed by atoms with Crippen LogP contribution in [0.3, 0.4) is 0 Å². The maximum atomic E-state index is 5.25. The fraction of sp³-hybridized carbons (Fsp3) is 0.556. The van der Waals surface area contributed by atoms with Crippen LogP contribution in [-0.2, 0) is 11.3 Å². The van der Waals surface area contributed by atoms with Crippen molar-refractivity contribution in [3.63, 3.8) is 0 Å². The van der Waals surface area contributed by atoms with E-state index in [1.165, 1.54) is 0 Å². The highest BCUT2D eigenvalue weighted by molar-refractivity contribution is 4.87. The van der Waals surface area contributed by atoms with Crippen LogP contribution in [0.4, 0.5) is 0 Å². The van der Waals surface area contributed by atoms with Gasteiger partial charge in [-0.1, -0.05) is 0 Å². The van der Waals surface area contributed by atoms with Gasteiger partial charge in [0.1, 0.15) is 5.82 Å². The first kappa shape index (κ1) is 8.59. The molecular formula is C9H12N3O. The summed E-state index contributed by atoms with van der Waals surface area (Å²) in [6.07, 6.45) is 4.51. The molecule has 4 nitrogen and oxygen atoms in total. The van der Waals surface area contributed by atoms with Crippen molar-refractivity contribution in [3.05, 3.63) is 24.3 Å². The second-order valence-electron chi connectivity index (χ2n) is 2.99. The van der Waals surface area contributed by atoms with Crippen LogP contribution in [0.1, 0.15) is 5.82 Å². The molecule has 1 aromatic heterocycles. The third-order valence-electron chi connectivity index (χ3n) is 2.03. The van der Waals surface area contributed by atoms with E-state index in [4.69, 9.17) is 4.74 Å². The number of hydrogen-bond acceptors (Lipinski definition) is 4. The van der Waals surface area contributed by atoms with E-state index in [-0.39, 0.29) is 0 Å². The van der Waals surface area contributed by atoms with Crippen molar-refractivity contribution in [1.29, 1.82) is 0 Å². The minimum atomic E-state index is 0.806. The van der Waals surface area contributed by atoms with Gasteiger partial charge in [0.25, 0.3) is 0 Å². The first-order chi connectivity index (χ1) is 6.45. The predicted octanol–water partition coefficient (Wildman–Crippen LogP) is 0.109. The zero-order chi connectivity index (χ0) is 8.93. The Bertz CT molecular complexity index is 246. The van der Waals surface area contributed by atoms with Gasteiger partial charge in [-0.05, 0) is 6.07 Å². The summed E-state index contributed by atoms with van der Waals surface area (Å²) >= 11 is 0. The maximum Gasteiger partial charge on any atom is 0.142 e. The Morgan fingerprint density at radius 1 is 1.46 bits per heavy atom. The van der Waals surface area contributed by atoms with Crippen LogP contribution in [0.15, 0.2) is 12.3 Å². The van der Waals surface area contributed by atoms with Gasteiger partial charge in [-0.25, -0.2) is 9.97 Å². The van der Waals surface area contributed by atoms with E-state index in [1.54, 1.807) is 12.3 Å². The van der Waals surface area contributed by atoms with Crippen LogP contribution in [0, 0.1) is 6.20 Å². The van der Waals surface area contributed by atoms with Gasteiger partial charge in [0.2, 0.25) is 0 Å². The molecule has 1 fully saturated rings. The molecule has 0 amide bonds. The fourth-order valence-electron chi connectivity index (χ4n) is 1.33. The Labute approximate surface area is 77.6 Å². The molecule has 1 aromatic rings. The highest BCUT2D eigenvalue weighted by Gasteiger charge is 2.11. The quantitative estimate of drug-likeness (QED) is 0.644. The average molecular weight is 178 g/mol. The van der Waals surface area contributed by atoms with Crippen LogP contribution in [-0.4, -0.2) is 41.2 Å². The summed E-state index contributed by atoms with van der Waals surface area (Å²) in [7, 11) is 0. The van der Waals surface area contributed by atoms with Crippen molar-refractivity contribution >= 4 is 0 Å². The zero-order valence-corrected chi connectivity index (χ0v) is 7.44. The van der Waals surface area contributed by atoms with Gasteiger partial charge >= 0.3 is 0 Å². The second-order valence-corrected chi connectivity index (χ2v) is 2.99. The van der Waals surface area contributed by atoms with Gasteiger partial charge in [0.15, 0.2) is 0 Å². The molecule has 1 radical (unpaired) electrons. The Balaban J connectivity index is 1.90. The Hall–Kier alpha value is -1.00. The molecule has 0 N–H and O–H groups in total. The fourth-order valence-corrected chi connectivity index (χ4v) is 1.33. The molecule has 2 rings (SSSR count). The maximum absolute atomic E-state index is 5.25. The summed E-state index contributed by atoms with van der Waals surface area (Å²) < 4.78 is 5.25. The smallest absolute Gasteiger partial charge is 0.142 e. The van der Waals surface area contributed by atoms with Gasteiger partial charge in [-0.3, -0.25) is 4.90 Å². The van der Waals surface area contributed by atoms with Gasteiger partial charge in [0, 0.05) is 19.3 Å². The van der Waals surface area contributed by atoms with E-state index in [0.717, 1.165) is 38.7 Å². The van der Waals surface area contributed by atoms with Crippen molar-refractivity contribution < 1.29 is 4.74 Å². The first-order valence-electron chi connectivity index (χ1n) is 4.43. The highest BCUT2D eigenvalue weighted by Crippen LogP contribution is 2.01. The number of ether oxygens (including phenoxy) is 1. The van der Waals surface area contributed by atoms with Crippen LogP contribution in [0.25, 0.3) is 0 Å². The van der Waals surface area contributed by atoms with E-state index in [9.17, 15) is 0 Å². The number of nitrogens with zero attached hydrogens (tertiary/aromatic N) is 3. The largest absolute Gasteiger partial charge is 0.379 e. The third kappa shape index (κ3) is 2.47.